The predicted octanol–water partition coefficient (Wildman–Crippen LogP) is 1.40. The van der Waals surface area contributed by atoms with E-state index < -0.39 is 0 Å². The SMILES string of the molecule is CN=C(NCCCOCC1CCOC1)NCc1nc(C)c(C)o1. The van der Waals surface area contributed by atoms with Gasteiger partial charge >= 0.3 is 0 Å². The number of aryl methyl sites for hydroxylation is 2. The molecule has 1 atom stereocenters. The third kappa shape index (κ3) is 6.19. The lowest BCUT2D eigenvalue weighted by molar-refractivity contribution is 0.0888. The van der Waals surface area contributed by atoms with Crippen LogP contribution in [0.5, 0.6) is 0 Å². The molecule has 23 heavy (non-hydrogen) atoms. The van der Waals surface area contributed by atoms with Crippen LogP contribution >= 0.6 is 0 Å². The van der Waals surface area contributed by atoms with Crippen molar-refractivity contribution in [2.75, 3.05) is 40.0 Å². The summed E-state index contributed by atoms with van der Waals surface area (Å²) >= 11 is 0. The Morgan fingerprint density at radius 2 is 2.26 bits per heavy atom. The summed E-state index contributed by atoms with van der Waals surface area (Å²) in [6, 6.07) is 0. The number of guanidine groups is 1. The number of oxazole rings is 1. The quantitative estimate of drug-likeness (QED) is 0.427. The highest BCUT2D eigenvalue weighted by Crippen LogP contribution is 2.12. The molecule has 0 amide bonds. The Hall–Kier alpha value is -1.60. The zero-order valence-electron chi connectivity index (χ0n) is 14.4. The maximum atomic E-state index is 5.67. The average molecular weight is 324 g/mol. The molecular weight excluding hydrogens is 296 g/mol. The number of hydrogen-bond donors (Lipinski definition) is 2. The summed E-state index contributed by atoms with van der Waals surface area (Å²) in [7, 11) is 1.75. The lowest BCUT2D eigenvalue weighted by Gasteiger charge is -2.11. The van der Waals surface area contributed by atoms with Crippen LogP contribution in [0.15, 0.2) is 9.41 Å². The zero-order valence-corrected chi connectivity index (χ0v) is 14.4. The van der Waals surface area contributed by atoms with Crippen molar-refractivity contribution in [2.24, 2.45) is 10.9 Å². The van der Waals surface area contributed by atoms with Gasteiger partial charge in [0.15, 0.2) is 5.96 Å². The fourth-order valence-electron chi connectivity index (χ4n) is 2.34. The summed E-state index contributed by atoms with van der Waals surface area (Å²) in [5, 5.41) is 6.44. The Labute approximate surface area is 137 Å². The molecule has 1 aromatic rings. The van der Waals surface area contributed by atoms with Gasteiger partial charge in [0.1, 0.15) is 5.76 Å². The number of rotatable bonds is 8. The minimum atomic E-state index is 0.520. The molecule has 0 bridgehead atoms. The van der Waals surface area contributed by atoms with Gasteiger partial charge in [-0.2, -0.15) is 0 Å². The lowest BCUT2D eigenvalue weighted by Crippen LogP contribution is -2.37. The molecule has 130 valence electrons. The van der Waals surface area contributed by atoms with Crippen molar-refractivity contribution in [1.82, 2.24) is 15.6 Å². The minimum absolute atomic E-state index is 0.520. The van der Waals surface area contributed by atoms with Gasteiger partial charge in [0.05, 0.1) is 25.5 Å². The molecular formula is C16H28N4O3. The van der Waals surface area contributed by atoms with Crippen LogP contribution in [0.3, 0.4) is 0 Å². The molecule has 2 N–H and O–H groups in total. The Morgan fingerprint density at radius 3 is 2.91 bits per heavy atom. The minimum Gasteiger partial charge on any atom is -0.444 e. The first-order valence-electron chi connectivity index (χ1n) is 8.22. The van der Waals surface area contributed by atoms with Crippen molar-refractivity contribution in [3.63, 3.8) is 0 Å². The van der Waals surface area contributed by atoms with E-state index in [1.165, 1.54) is 0 Å². The third-order valence-electron chi connectivity index (χ3n) is 3.84. The molecule has 1 fully saturated rings. The van der Waals surface area contributed by atoms with E-state index in [1.807, 2.05) is 13.8 Å². The summed E-state index contributed by atoms with van der Waals surface area (Å²) in [6.45, 7) is 8.45. The fraction of sp³-hybridized carbons (Fsp3) is 0.750. The van der Waals surface area contributed by atoms with Gasteiger partial charge in [0.25, 0.3) is 0 Å². The monoisotopic (exact) mass is 324 g/mol. The van der Waals surface area contributed by atoms with Crippen LogP contribution in [-0.4, -0.2) is 51.0 Å². The molecule has 2 heterocycles. The molecule has 1 unspecified atom stereocenters. The Kier molecular flexibility index (Phi) is 7.35. The van der Waals surface area contributed by atoms with E-state index in [2.05, 4.69) is 20.6 Å². The molecule has 1 aliphatic heterocycles. The molecule has 1 aromatic heterocycles. The van der Waals surface area contributed by atoms with Crippen molar-refractivity contribution in [1.29, 1.82) is 0 Å². The van der Waals surface area contributed by atoms with Crippen LogP contribution < -0.4 is 10.6 Å². The Morgan fingerprint density at radius 1 is 1.39 bits per heavy atom. The van der Waals surface area contributed by atoms with Gasteiger partial charge in [0.2, 0.25) is 5.89 Å². The van der Waals surface area contributed by atoms with Gasteiger partial charge in [-0.15, -0.1) is 0 Å². The Balaban J connectivity index is 1.54. The lowest BCUT2D eigenvalue weighted by atomic mass is 10.1. The maximum absolute atomic E-state index is 5.67. The smallest absolute Gasteiger partial charge is 0.214 e. The molecule has 7 nitrogen and oxygen atoms in total. The molecule has 0 aliphatic carbocycles. The van der Waals surface area contributed by atoms with Crippen LogP contribution in [0.2, 0.25) is 0 Å². The van der Waals surface area contributed by atoms with Gasteiger partial charge in [-0.3, -0.25) is 4.99 Å². The highest BCUT2D eigenvalue weighted by Gasteiger charge is 2.15. The van der Waals surface area contributed by atoms with E-state index in [0.717, 1.165) is 63.2 Å². The molecule has 0 radical (unpaired) electrons. The number of aliphatic imine (C=N–C) groups is 1. The second-order valence-corrected chi connectivity index (χ2v) is 5.76. The molecule has 7 heteroatoms. The number of aromatic nitrogens is 1. The van der Waals surface area contributed by atoms with Crippen molar-refractivity contribution in [3.05, 3.63) is 17.3 Å². The average Bonchev–Trinajstić information content (AvgIpc) is 3.16. The molecule has 1 aliphatic rings. The summed E-state index contributed by atoms with van der Waals surface area (Å²) < 4.78 is 16.5. The van der Waals surface area contributed by atoms with E-state index in [-0.39, 0.29) is 0 Å². The summed E-state index contributed by atoms with van der Waals surface area (Å²) in [4.78, 5) is 8.51. The largest absolute Gasteiger partial charge is 0.444 e. The highest BCUT2D eigenvalue weighted by molar-refractivity contribution is 5.79. The van der Waals surface area contributed by atoms with Gasteiger partial charge < -0.3 is 24.5 Å². The van der Waals surface area contributed by atoms with Crippen LogP contribution in [-0.2, 0) is 16.0 Å². The van der Waals surface area contributed by atoms with Gasteiger partial charge in [-0.05, 0) is 26.7 Å². The van der Waals surface area contributed by atoms with Gasteiger partial charge in [0, 0.05) is 32.7 Å². The molecule has 1 saturated heterocycles. The van der Waals surface area contributed by atoms with Crippen LogP contribution in [0, 0.1) is 19.8 Å². The number of nitrogens with zero attached hydrogens (tertiary/aromatic N) is 2. The first kappa shape index (κ1) is 17.7. The van der Waals surface area contributed by atoms with Crippen molar-refractivity contribution >= 4 is 5.96 Å². The van der Waals surface area contributed by atoms with E-state index in [1.54, 1.807) is 7.05 Å². The highest BCUT2D eigenvalue weighted by atomic mass is 16.5. The summed E-state index contributed by atoms with van der Waals surface area (Å²) in [6.07, 6.45) is 2.06. The predicted molar refractivity (Wildman–Crippen MR) is 88.5 cm³/mol. The van der Waals surface area contributed by atoms with Crippen molar-refractivity contribution in [2.45, 2.75) is 33.2 Å². The van der Waals surface area contributed by atoms with Crippen molar-refractivity contribution < 1.29 is 13.9 Å². The van der Waals surface area contributed by atoms with E-state index in [9.17, 15) is 0 Å². The van der Waals surface area contributed by atoms with Crippen molar-refractivity contribution in [3.8, 4) is 0 Å². The van der Waals surface area contributed by atoms with Crippen LogP contribution in [0.1, 0.15) is 30.2 Å². The number of nitrogens with one attached hydrogen (secondary N) is 2. The first-order chi connectivity index (χ1) is 11.2. The first-order valence-corrected chi connectivity index (χ1v) is 8.22. The van der Waals surface area contributed by atoms with E-state index in [4.69, 9.17) is 13.9 Å². The second-order valence-electron chi connectivity index (χ2n) is 5.76. The van der Waals surface area contributed by atoms with E-state index >= 15 is 0 Å². The summed E-state index contributed by atoms with van der Waals surface area (Å²) in [5.41, 5.74) is 0.926. The number of ether oxygens (including phenoxy) is 2. The number of hydrogen-bond acceptors (Lipinski definition) is 5. The second kappa shape index (κ2) is 9.52. The third-order valence-corrected chi connectivity index (χ3v) is 3.84. The van der Waals surface area contributed by atoms with Gasteiger partial charge in [-0.1, -0.05) is 0 Å². The van der Waals surface area contributed by atoms with Crippen LogP contribution in [0.4, 0.5) is 0 Å². The molecule has 2 rings (SSSR count). The van der Waals surface area contributed by atoms with Crippen LogP contribution in [0.25, 0.3) is 0 Å². The topological polar surface area (TPSA) is 80.9 Å². The normalized spacial score (nSPS) is 18.4. The fourth-order valence-corrected chi connectivity index (χ4v) is 2.34. The standard InChI is InChI=1S/C16H28N4O3/c1-12-13(2)23-15(20-12)9-19-16(17-3)18-6-4-7-21-10-14-5-8-22-11-14/h14H,4-11H2,1-3H3,(H2,17,18,19). The summed E-state index contributed by atoms with van der Waals surface area (Å²) in [5.74, 6) is 2.84. The molecule has 0 saturated carbocycles. The molecule has 0 aromatic carbocycles. The maximum Gasteiger partial charge on any atom is 0.214 e. The molecule has 0 spiro atoms. The Bertz CT molecular complexity index is 476. The van der Waals surface area contributed by atoms with E-state index in [0.29, 0.717) is 18.4 Å². The zero-order chi connectivity index (χ0) is 16.5. The van der Waals surface area contributed by atoms with Gasteiger partial charge in [-0.25, -0.2) is 4.98 Å².